The van der Waals surface area contributed by atoms with Crippen molar-refractivity contribution in [2.24, 2.45) is 0 Å². The van der Waals surface area contributed by atoms with E-state index in [-0.39, 0.29) is 0 Å². The standard InChI is InChI=1S/C8H17.C6H5.2C2H5.Sn/c1-3-5-7-8-6-4-2;1-2-4-6-5-3-1;2*1-2;/h1,3-8H2,2H3;1-5H;2*1H2,2H3;. The summed E-state index contributed by atoms with van der Waals surface area (Å²) in [6, 6.07) is 11.5. The van der Waals surface area contributed by atoms with Gasteiger partial charge in [0.25, 0.3) is 0 Å². The molecule has 0 aliphatic carbocycles. The number of unbranched alkanes of at least 4 members (excludes halogenated alkanes) is 5. The molecule has 0 atom stereocenters. The summed E-state index contributed by atoms with van der Waals surface area (Å²) >= 11 is -2.01. The molecule has 0 aliphatic rings. The molecule has 0 heterocycles. The topological polar surface area (TPSA) is 0 Å². The molecule has 0 N–H and O–H groups in total. The summed E-state index contributed by atoms with van der Waals surface area (Å²) in [6.07, 6.45) is 8.63. The maximum atomic E-state index is 2.45. The van der Waals surface area contributed by atoms with Gasteiger partial charge in [0.05, 0.1) is 0 Å². The van der Waals surface area contributed by atoms with E-state index in [1.165, 1.54) is 47.4 Å². The van der Waals surface area contributed by atoms with E-state index >= 15 is 0 Å². The molecule has 0 bridgehead atoms. The van der Waals surface area contributed by atoms with E-state index in [1.807, 2.05) is 0 Å². The third-order valence-electron chi connectivity index (χ3n) is 4.75. The molecule has 0 fully saturated rings. The third-order valence-corrected chi connectivity index (χ3v) is 20.7. The Balaban J connectivity index is 2.48. The van der Waals surface area contributed by atoms with Crippen molar-refractivity contribution >= 4 is 22.0 Å². The number of hydrogen-bond acceptors (Lipinski definition) is 0. The first kappa shape index (κ1) is 17.1. The summed E-state index contributed by atoms with van der Waals surface area (Å²) in [5.74, 6) is 0. The Morgan fingerprint density at radius 3 is 1.89 bits per heavy atom. The summed E-state index contributed by atoms with van der Waals surface area (Å²) in [4.78, 5) is 0. The van der Waals surface area contributed by atoms with Crippen LogP contribution in [-0.2, 0) is 0 Å². The van der Waals surface area contributed by atoms with Crippen LogP contribution in [0.1, 0.15) is 59.3 Å². The van der Waals surface area contributed by atoms with Gasteiger partial charge in [-0.15, -0.1) is 0 Å². The fourth-order valence-electron chi connectivity index (χ4n) is 3.19. The average Bonchev–Trinajstić information content (AvgIpc) is 2.48. The molecule has 1 aromatic carbocycles. The fourth-order valence-corrected chi connectivity index (χ4v) is 15.0. The Bertz CT molecular complexity index is 314. The summed E-state index contributed by atoms with van der Waals surface area (Å²) in [7, 11) is 0. The van der Waals surface area contributed by atoms with Crippen molar-refractivity contribution in [1.29, 1.82) is 0 Å². The minimum atomic E-state index is -2.01. The van der Waals surface area contributed by atoms with Gasteiger partial charge < -0.3 is 0 Å². The predicted octanol–water partition coefficient (Wildman–Crippen LogP) is 5.74. The zero-order valence-electron chi connectivity index (χ0n) is 13.3. The minimum absolute atomic E-state index is 1.36. The second-order valence-corrected chi connectivity index (χ2v) is 20.3. The van der Waals surface area contributed by atoms with Crippen molar-refractivity contribution < 1.29 is 0 Å². The van der Waals surface area contributed by atoms with Crippen LogP contribution in [0.15, 0.2) is 30.3 Å². The number of hydrogen-bond donors (Lipinski definition) is 0. The van der Waals surface area contributed by atoms with Gasteiger partial charge in [-0.05, 0) is 0 Å². The third kappa shape index (κ3) is 5.49. The first-order valence-electron chi connectivity index (χ1n) is 8.34. The van der Waals surface area contributed by atoms with E-state index in [2.05, 4.69) is 51.1 Å². The normalized spacial score (nSPS) is 11.7. The summed E-state index contributed by atoms with van der Waals surface area (Å²) < 4.78 is 6.28. The second-order valence-electron chi connectivity index (χ2n) is 5.87. The Labute approximate surface area is 124 Å². The molecule has 19 heavy (non-hydrogen) atoms. The van der Waals surface area contributed by atoms with Gasteiger partial charge in [-0.2, -0.15) is 0 Å². The first-order chi connectivity index (χ1) is 9.29. The average molecular weight is 367 g/mol. The van der Waals surface area contributed by atoms with Gasteiger partial charge in [0, 0.05) is 0 Å². The molecule has 1 aromatic rings. The number of benzene rings is 1. The van der Waals surface area contributed by atoms with Gasteiger partial charge in [-0.3, -0.25) is 0 Å². The quantitative estimate of drug-likeness (QED) is 0.365. The van der Waals surface area contributed by atoms with E-state index in [4.69, 9.17) is 0 Å². The summed E-state index contributed by atoms with van der Waals surface area (Å²) in [5.41, 5.74) is 0. The zero-order chi connectivity index (χ0) is 14.0. The maximum absolute atomic E-state index is 2.45. The Kier molecular flexibility index (Phi) is 8.85. The van der Waals surface area contributed by atoms with Crippen molar-refractivity contribution in [3.8, 4) is 0 Å². The van der Waals surface area contributed by atoms with Crippen LogP contribution < -0.4 is 3.58 Å². The monoisotopic (exact) mass is 368 g/mol. The van der Waals surface area contributed by atoms with E-state index in [1.54, 1.807) is 8.02 Å². The van der Waals surface area contributed by atoms with Crippen molar-refractivity contribution in [2.45, 2.75) is 72.6 Å². The molecular weight excluding hydrogens is 335 g/mol. The molecular formula is C18H32Sn. The molecule has 108 valence electrons. The van der Waals surface area contributed by atoms with Crippen LogP contribution in [0.3, 0.4) is 0 Å². The van der Waals surface area contributed by atoms with Crippen LogP contribution in [0.4, 0.5) is 0 Å². The van der Waals surface area contributed by atoms with Crippen molar-refractivity contribution in [2.75, 3.05) is 0 Å². The van der Waals surface area contributed by atoms with Gasteiger partial charge in [0.15, 0.2) is 0 Å². The second kappa shape index (κ2) is 9.85. The van der Waals surface area contributed by atoms with Crippen molar-refractivity contribution in [3.63, 3.8) is 0 Å². The SMILES string of the molecule is CCCCCCC[CH2][Sn]([CH2]C)([CH2]C)[c]1ccccc1. The molecule has 0 spiro atoms. The molecule has 1 rings (SSSR count). The van der Waals surface area contributed by atoms with Crippen LogP contribution in [0.2, 0.25) is 13.3 Å². The molecule has 0 amide bonds. The Morgan fingerprint density at radius 1 is 0.737 bits per heavy atom. The van der Waals surface area contributed by atoms with Gasteiger partial charge in [-0.1, -0.05) is 0 Å². The van der Waals surface area contributed by atoms with E-state index in [0.717, 1.165) is 0 Å². The van der Waals surface area contributed by atoms with Crippen LogP contribution >= 0.6 is 0 Å². The molecule has 0 unspecified atom stereocenters. The van der Waals surface area contributed by atoms with Crippen molar-refractivity contribution in [3.05, 3.63) is 30.3 Å². The van der Waals surface area contributed by atoms with Crippen LogP contribution in [0.5, 0.6) is 0 Å². The summed E-state index contributed by atoms with van der Waals surface area (Å²) in [5, 5.41) is 0. The Morgan fingerprint density at radius 2 is 1.32 bits per heavy atom. The zero-order valence-corrected chi connectivity index (χ0v) is 16.1. The molecule has 0 nitrogen and oxygen atoms in total. The van der Waals surface area contributed by atoms with E-state index in [0.29, 0.717) is 0 Å². The predicted molar refractivity (Wildman–Crippen MR) is 91.0 cm³/mol. The van der Waals surface area contributed by atoms with Gasteiger partial charge in [0.1, 0.15) is 0 Å². The van der Waals surface area contributed by atoms with Crippen molar-refractivity contribution in [1.82, 2.24) is 0 Å². The Hall–Kier alpha value is 0.0187. The first-order valence-corrected chi connectivity index (χ1v) is 15.8. The molecule has 0 aromatic heterocycles. The summed E-state index contributed by atoms with van der Waals surface area (Å²) in [6.45, 7) is 7.19. The molecule has 0 saturated carbocycles. The van der Waals surface area contributed by atoms with Crippen LogP contribution in [0, 0.1) is 0 Å². The molecule has 0 saturated heterocycles. The van der Waals surface area contributed by atoms with Gasteiger partial charge in [0.2, 0.25) is 0 Å². The molecule has 0 radical (unpaired) electrons. The fraction of sp³-hybridized carbons (Fsp3) is 0.667. The molecule has 1 heteroatoms. The number of rotatable bonds is 10. The van der Waals surface area contributed by atoms with Crippen LogP contribution in [0.25, 0.3) is 0 Å². The van der Waals surface area contributed by atoms with E-state index in [9.17, 15) is 0 Å². The molecule has 0 aliphatic heterocycles. The van der Waals surface area contributed by atoms with Gasteiger partial charge >= 0.3 is 125 Å². The van der Waals surface area contributed by atoms with Gasteiger partial charge in [-0.25, -0.2) is 0 Å². The van der Waals surface area contributed by atoms with Crippen LogP contribution in [-0.4, -0.2) is 18.4 Å². The van der Waals surface area contributed by atoms with E-state index < -0.39 is 18.4 Å².